The van der Waals surface area contributed by atoms with Gasteiger partial charge >= 0.3 is 0 Å². The predicted molar refractivity (Wildman–Crippen MR) is 97.1 cm³/mol. The van der Waals surface area contributed by atoms with Crippen molar-refractivity contribution < 1.29 is 9.53 Å². The Morgan fingerprint density at radius 3 is 2.81 bits per heavy atom. The lowest BCUT2D eigenvalue weighted by Crippen LogP contribution is -2.52. The van der Waals surface area contributed by atoms with Crippen molar-refractivity contribution in [3.63, 3.8) is 0 Å². The topological polar surface area (TPSA) is 65.2 Å². The number of hydrogen-bond acceptors (Lipinski definition) is 4. The molecule has 2 aromatic heterocycles. The normalized spacial score (nSPS) is 18.9. The summed E-state index contributed by atoms with van der Waals surface area (Å²) in [6, 6.07) is 1.81. The molecule has 0 N–H and O–H groups in total. The molecule has 0 spiro atoms. The molecule has 7 heteroatoms. The van der Waals surface area contributed by atoms with Gasteiger partial charge in [0, 0.05) is 69.3 Å². The highest BCUT2D eigenvalue weighted by molar-refractivity contribution is 5.93. The summed E-state index contributed by atoms with van der Waals surface area (Å²) in [5, 5.41) is 4.20. The van der Waals surface area contributed by atoms with Gasteiger partial charge in [-0.25, -0.2) is 4.98 Å². The quantitative estimate of drug-likeness (QED) is 0.822. The van der Waals surface area contributed by atoms with Crippen LogP contribution in [0.5, 0.6) is 0 Å². The minimum Gasteiger partial charge on any atom is -0.381 e. The van der Waals surface area contributed by atoms with Crippen LogP contribution >= 0.6 is 0 Å². The van der Waals surface area contributed by atoms with Gasteiger partial charge in [0.1, 0.15) is 11.5 Å². The van der Waals surface area contributed by atoms with Crippen LogP contribution < -0.4 is 0 Å². The number of amides is 1. The summed E-state index contributed by atoms with van der Waals surface area (Å²) < 4.78 is 9.61. The van der Waals surface area contributed by atoms with Crippen LogP contribution in [0.4, 0.5) is 0 Å². The molecule has 0 atom stereocenters. The Morgan fingerprint density at radius 1 is 1.31 bits per heavy atom. The van der Waals surface area contributed by atoms with Gasteiger partial charge in [0.05, 0.1) is 0 Å². The maximum atomic E-state index is 12.6. The van der Waals surface area contributed by atoms with Crippen molar-refractivity contribution in [1.29, 1.82) is 0 Å². The first kappa shape index (κ1) is 17.3. The minimum atomic E-state index is 0.0904. The number of ether oxygens (including phenoxy) is 1. The van der Waals surface area contributed by atoms with Gasteiger partial charge in [0.2, 0.25) is 0 Å². The van der Waals surface area contributed by atoms with Gasteiger partial charge in [-0.3, -0.25) is 9.48 Å². The van der Waals surface area contributed by atoms with Crippen LogP contribution in [0.1, 0.15) is 47.7 Å². The van der Waals surface area contributed by atoms with Crippen molar-refractivity contribution in [2.45, 2.75) is 45.7 Å². The molecule has 2 aliphatic rings. The van der Waals surface area contributed by atoms with E-state index in [4.69, 9.17) is 4.74 Å². The second kappa shape index (κ2) is 7.23. The van der Waals surface area contributed by atoms with Crippen molar-refractivity contribution in [3.8, 4) is 0 Å². The van der Waals surface area contributed by atoms with Crippen molar-refractivity contribution in [1.82, 2.24) is 24.2 Å². The van der Waals surface area contributed by atoms with Gasteiger partial charge in [0.15, 0.2) is 0 Å². The maximum Gasteiger partial charge on any atom is 0.272 e. The third-order valence-corrected chi connectivity index (χ3v) is 5.59. The summed E-state index contributed by atoms with van der Waals surface area (Å²) in [4.78, 5) is 19.2. The maximum absolute atomic E-state index is 12.6. The molecule has 0 radical (unpaired) electrons. The SMILES string of the molecule is CCn1nccc1C(=O)N1CC(Cn2c(C)cnc2C2CCOCC2)C1. The molecule has 2 saturated heterocycles. The van der Waals surface area contributed by atoms with Gasteiger partial charge < -0.3 is 14.2 Å². The zero-order chi connectivity index (χ0) is 18.1. The van der Waals surface area contributed by atoms with E-state index in [1.54, 1.807) is 10.9 Å². The van der Waals surface area contributed by atoms with E-state index in [9.17, 15) is 4.79 Å². The van der Waals surface area contributed by atoms with Crippen LogP contribution in [0.25, 0.3) is 0 Å². The van der Waals surface area contributed by atoms with Gasteiger partial charge in [-0.1, -0.05) is 0 Å². The molecule has 26 heavy (non-hydrogen) atoms. The summed E-state index contributed by atoms with van der Waals surface area (Å²) in [6.07, 6.45) is 5.77. The number of imidazole rings is 1. The average Bonchev–Trinajstić information content (AvgIpc) is 3.24. The van der Waals surface area contributed by atoms with Crippen molar-refractivity contribution >= 4 is 5.91 Å². The van der Waals surface area contributed by atoms with E-state index in [-0.39, 0.29) is 5.91 Å². The first-order valence-corrected chi connectivity index (χ1v) is 9.58. The highest BCUT2D eigenvalue weighted by Gasteiger charge is 2.34. The Hall–Kier alpha value is -2.15. The highest BCUT2D eigenvalue weighted by Crippen LogP contribution is 2.29. The van der Waals surface area contributed by atoms with Crippen molar-refractivity contribution in [3.05, 3.63) is 35.7 Å². The van der Waals surface area contributed by atoms with Gasteiger partial charge in [0.25, 0.3) is 5.91 Å². The number of nitrogens with zero attached hydrogens (tertiary/aromatic N) is 5. The van der Waals surface area contributed by atoms with E-state index in [2.05, 4.69) is 21.6 Å². The fourth-order valence-electron chi connectivity index (χ4n) is 4.04. The summed E-state index contributed by atoms with van der Waals surface area (Å²) in [5.41, 5.74) is 1.90. The third-order valence-electron chi connectivity index (χ3n) is 5.59. The van der Waals surface area contributed by atoms with E-state index >= 15 is 0 Å². The van der Waals surface area contributed by atoms with E-state index in [1.807, 2.05) is 24.1 Å². The monoisotopic (exact) mass is 357 g/mol. The van der Waals surface area contributed by atoms with Crippen LogP contribution in [-0.4, -0.2) is 56.4 Å². The first-order chi connectivity index (χ1) is 12.7. The number of aryl methyl sites for hydroxylation is 2. The van der Waals surface area contributed by atoms with E-state index < -0.39 is 0 Å². The molecule has 0 aromatic carbocycles. The Bertz CT molecular complexity index is 769. The molecular formula is C19H27N5O2. The summed E-state index contributed by atoms with van der Waals surface area (Å²) in [5.74, 6) is 2.27. The van der Waals surface area contributed by atoms with Crippen molar-refractivity contribution in [2.24, 2.45) is 5.92 Å². The largest absolute Gasteiger partial charge is 0.381 e. The molecule has 2 aliphatic heterocycles. The van der Waals surface area contributed by atoms with Crippen LogP contribution in [0.3, 0.4) is 0 Å². The van der Waals surface area contributed by atoms with Crippen LogP contribution in [0.15, 0.2) is 18.5 Å². The fourth-order valence-corrected chi connectivity index (χ4v) is 4.04. The van der Waals surface area contributed by atoms with Gasteiger partial charge in [-0.15, -0.1) is 0 Å². The van der Waals surface area contributed by atoms with Crippen LogP contribution in [0, 0.1) is 12.8 Å². The zero-order valence-electron chi connectivity index (χ0n) is 15.6. The average molecular weight is 357 g/mol. The Labute approximate surface area is 154 Å². The lowest BCUT2D eigenvalue weighted by molar-refractivity contribution is 0.0448. The Morgan fingerprint density at radius 2 is 2.08 bits per heavy atom. The molecule has 0 bridgehead atoms. The number of hydrogen-bond donors (Lipinski definition) is 0. The Kier molecular flexibility index (Phi) is 4.80. The third kappa shape index (κ3) is 3.16. The van der Waals surface area contributed by atoms with E-state index in [0.717, 1.165) is 45.7 Å². The number of carbonyl (C=O) groups is 1. The van der Waals surface area contributed by atoms with Crippen molar-refractivity contribution in [2.75, 3.05) is 26.3 Å². The fraction of sp³-hybridized carbons (Fsp3) is 0.632. The summed E-state index contributed by atoms with van der Waals surface area (Å²) in [6.45, 7) is 9.04. The molecule has 0 unspecified atom stereocenters. The molecule has 4 heterocycles. The zero-order valence-corrected chi connectivity index (χ0v) is 15.6. The van der Waals surface area contributed by atoms with Gasteiger partial charge in [-0.2, -0.15) is 5.10 Å². The van der Waals surface area contributed by atoms with E-state index in [1.165, 1.54) is 11.5 Å². The lowest BCUT2D eigenvalue weighted by atomic mass is 9.97. The second-order valence-corrected chi connectivity index (χ2v) is 7.36. The van der Waals surface area contributed by atoms with Crippen LogP contribution in [-0.2, 0) is 17.8 Å². The van der Waals surface area contributed by atoms with E-state index in [0.29, 0.717) is 24.1 Å². The molecule has 0 aliphatic carbocycles. The number of carbonyl (C=O) groups excluding carboxylic acids is 1. The second-order valence-electron chi connectivity index (χ2n) is 7.36. The van der Waals surface area contributed by atoms with Gasteiger partial charge in [-0.05, 0) is 32.8 Å². The molecule has 2 aromatic rings. The van der Waals surface area contributed by atoms with Crippen LogP contribution in [0.2, 0.25) is 0 Å². The molecule has 2 fully saturated rings. The summed E-state index contributed by atoms with van der Waals surface area (Å²) in [7, 11) is 0. The standard InChI is InChI=1S/C19H27N5O2/c1-3-24-17(4-7-21-24)19(25)22-11-15(12-22)13-23-14(2)10-20-18(23)16-5-8-26-9-6-16/h4,7,10,15-16H,3,5-6,8-9,11-13H2,1-2H3. The molecule has 4 rings (SSSR count). The number of likely N-dealkylation sites (tertiary alicyclic amines) is 1. The highest BCUT2D eigenvalue weighted by atomic mass is 16.5. The first-order valence-electron chi connectivity index (χ1n) is 9.58. The number of aromatic nitrogens is 4. The number of rotatable bonds is 5. The lowest BCUT2D eigenvalue weighted by Gasteiger charge is -2.40. The smallest absolute Gasteiger partial charge is 0.272 e. The molecular weight excluding hydrogens is 330 g/mol. The molecule has 140 valence electrons. The predicted octanol–water partition coefficient (Wildman–Crippen LogP) is 2.07. The molecule has 0 saturated carbocycles. The Balaban J connectivity index is 1.38. The minimum absolute atomic E-state index is 0.0904. The molecule has 7 nitrogen and oxygen atoms in total. The summed E-state index contributed by atoms with van der Waals surface area (Å²) >= 11 is 0. The molecule has 1 amide bonds.